The summed E-state index contributed by atoms with van der Waals surface area (Å²) in [5.41, 5.74) is 5.61. The Morgan fingerprint density at radius 1 is 1.80 bits per heavy atom. The van der Waals surface area contributed by atoms with E-state index in [1.54, 1.807) is 6.92 Å². The fourth-order valence-electron chi connectivity index (χ4n) is 1.64. The summed E-state index contributed by atoms with van der Waals surface area (Å²) < 4.78 is 0. The summed E-state index contributed by atoms with van der Waals surface area (Å²) >= 11 is 4.01. The van der Waals surface area contributed by atoms with Crippen LogP contribution in [-0.2, 0) is 4.79 Å². The number of hydrogen-bond donors (Lipinski definition) is 5. The number of aliphatic hydroxyl groups excluding tert-OH is 1. The molecule has 15 heavy (non-hydrogen) atoms. The molecule has 88 valence electrons. The first-order valence-corrected chi connectivity index (χ1v) is 5.72. The SMILES string of the molecule is CC(=O)[C@@H]1C[C@@H](NC(O)C(N)CS)CN1. The van der Waals surface area contributed by atoms with Crippen LogP contribution in [-0.4, -0.2) is 47.5 Å². The van der Waals surface area contributed by atoms with Crippen LogP contribution in [0.5, 0.6) is 0 Å². The summed E-state index contributed by atoms with van der Waals surface area (Å²) in [6.07, 6.45) is -0.0638. The van der Waals surface area contributed by atoms with E-state index in [1.807, 2.05) is 0 Å². The molecule has 0 spiro atoms. The van der Waals surface area contributed by atoms with E-state index in [0.29, 0.717) is 18.7 Å². The molecule has 1 rings (SSSR count). The van der Waals surface area contributed by atoms with Crippen molar-refractivity contribution in [2.75, 3.05) is 12.3 Å². The van der Waals surface area contributed by atoms with Gasteiger partial charge in [0.2, 0.25) is 0 Å². The predicted octanol–water partition coefficient (Wildman–Crippen LogP) is -1.53. The topological polar surface area (TPSA) is 87.4 Å². The van der Waals surface area contributed by atoms with E-state index in [-0.39, 0.29) is 23.9 Å². The molecule has 0 aromatic heterocycles. The van der Waals surface area contributed by atoms with Crippen LogP contribution in [0.2, 0.25) is 0 Å². The molecule has 0 aromatic carbocycles. The number of Topliss-reactive ketones (excluding diaryl/α,β-unsaturated/α-hetero) is 1. The molecule has 0 aliphatic carbocycles. The Hall–Kier alpha value is -0.140. The first kappa shape index (κ1) is 12.9. The van der Waals surface area contributed by atoms with Gasteiger partial charge in [-0.1, -0.05) is 0 Å². The number of nitrogens with one attached hydrogen (secondary N) is 2. The van der Waals surface area contributed by atoms with E-state index < -0.39 is 6.23 Å². The van der Waals surface area contributed by atoms with Crippen molar-refractivity contribution in [1.29, 1.82) is 0 Å². The molecule has 6 heteroatoms. The summed E-state index contributed by atoms with van der Waals surface area (Å²) in [5, 5.41) is 15.7. The second kappa shape index (κ2) is 5.81. The number of nitrogens with two attached hydrogens (primary N) is 1. The van der Waals surface area contributed by atoms with Gasteiger partial charge in [-0.2, -0.15) is 12.6 Å². The maximum Gasteiger partial charge on any atom is 0.146 e. The fraction of sp³-hybridized carbons (Fsp3) is 0.889. The third kappa shape index (κ3) is 3.73. The van der Waals surface area contributed by atoms with Crippen LogP contribution in [0, 0.1) is 0 Å². The van der Waals surface area contributed by atoms with E-state index in [4.69, 9.17) is 5.73 Å². The standard InChI is InChI=1S/C9H19N3O2S/c1-5(13)8-2-6(3-11-8)12-9(14)7(10)4-15/h6-9,11-12,14-15H,2-4,10H2,1H3/t6-,7?,8+,9?/m1/s1. The summed E-state index contributed by atoms with van der Waals surface area (Å²) in [5.74, 6) is 0.553. The van der Waals surface area contributed by atoms with Crippen molar-refractivity contribution in [2.45, 2.75) is 37.7 Å². The molecular formula is C9H19N3O2S. The van der Waals surface area contributed by atoms with Crippen molar-refractivity contribution in [3.63, 3.8) is 0 Å². The van der Waals surface area contributed by atoms with Gasteiger partial charge in [-0.25, -0.2) is 0 Å². The average Bonchev–Trinajstić information content (AvgIpc) is 2.65. The van der Waals surface area contributed by atoms with Gasteiger partial charge in [0.25, 0.3) is 0 Å². The normalized spacial score (nSPS) is 30.1. The van der Waals surface area contributed by atoms with E-state index in [9.17, 15) is 9.90 Å². The maximum absolute atomic E-state index is 11.1. The van der Waals surface area contributed by atoms with Gasteiger partial charge in [0, 0.05) is 18.3 Å². The zero-order chi connectivity index (χ0) is 11.4. The smallest absolute Gasteiger partial charge is 0.146 e. The lowest BCUT2D eigenvalue weighted by atomic mass is 10.1. The van der Waals surface area contributed by atoms with E-state index in [1.165, 1.54) is 0 Å². The van der Waals surface area contributed by atoms with Gasteiger partial charge in [-0.15, -0.1) is 0 Å². The maximum atomic E-state index is 11.1. The lowest BCUT2D eigenvalue weighted by molar-refractivity contribution is -0.118. The Morgan fingerprint density at radius 3 is 2.93 bits per heavy atom. The zero-order valence-corrected chi connectivity index (χ0v) is 9.71. The molecule has 5 nitrogen and oxygen atoms in total. The van der Waals surface area contributed by atoms with Crippen LogP contribution < -0.4 is 16.4 Å². The number of ketones is 1. The predicted molar refractivity (Wildman–Crippen MR) is 61.8 cm³/mol. The molecule has 0 radical (unpaired) electrons. The molecule has 0 amide bonds. The van der Waals surface area contributed by atoms with Gasteiger partial charge < -0.3 is 16.2 Å². The van der Waals surface area contributed by atoms with Crippen LogP contribution in [0.25, 0.3) is 0 Å². The van der Waals surface area contributed by atoms with E-state index in [2.05, 4.69) is 23.3 Å². The highest BCUT2D eigenvalue weighted by Crippen LogP contribution is 2.08. The minimum Gasteiger partial charge on any atom is -0.377 e. The molecule has 1 aliphatic heterocycles. The first-order valence-electron chi connectivity index (χ1n) is 5.09. The lowest BCUT2D eigenvalue weighted by Crippen LogP contribution is -2.50. The summed E-state index contributed by atoms with van der Waals surface area (Å²) in [7, 11) is 0. The molecular weight excluding hydrogens is 214 g/mol. The Balaban J connectivity index is 2.32. The van der Waals surface area contributed by atoms with Crippen LogP contribution in [0.4, 0.5) is 0 Å². The molecule has 1 fully saturated rings. The minimum atomic E-state index is -0.764. The van der Waals surface area contributed by atoms with Crippen molar-refractivity contribution in [2.24, 2.45) is 5.73 Å². The van der Waals surface area contributed by atoms with Gasteiger partial charge in [-0.3, -0.25) is 10.1 Å². The van der Waals surface area contributed by atoms with E-state index >= 15 is 0 Å². The van der Waals surface area contributed by atoms with Crippen molar-refractivity contribution in [3.8, 4) is 0 Å². The summed E-state index contributed by atoms with van der Waals surface area (Å²) in [6, 6.07) is -0.383. The molecule has 1 heterocycles. The van der Waals surface area contributed by atoms with Gasteiger partial charge >= 0.3 is 0 Å². The Morgan fingerprint density at radius 2 is 2.47 bits per heavy atom. The third-order valence-electron chi connectivity index (χ3n) is 2.64. The number of carbonyl (C=O) groups is 1. The van der Waals surface area contributed by atoms with Crippen LogP contribution in [0.15, 0.2) is 0 Å². The molecule has 0 bridgehead atoms. The molecule has 0 saturated carbocycles. The Labute approximate surface area is 95.2 Å². The summed E-state index contributed by atoms with van der Waals surface area (Å²) in [6.45, 7) is 2.25. The molecule has 5 N–H and O–H groups in total. The number of hydrogen-bond acceptors (Lipinski definition) is 6. The zero-order valence-electron chi connectivity index (χ0n) is 8.81. The van der Waals surface area contributed by atoms with Gasteiger partial charge in [-0.05, 0) is 13.3 Å². The Bertz CT molecular complexity index is 227. The number of aliphatic hydroxyl groups is 1. The van der Waals surface area contributed by atoms with Crippen LogP contribution in [0.1, 0.15) is 13.3 Å². The van der Waals surface area contributed by atoms with Crippen molar-refractivity contribution >= 4 is 18.4 Å². The number of carbonyl (C=O) groups excluding carboxylic acids is 1. The van der Waals surface area contributed by atoms with Crippen molar-refractivity contribution in [3.05, 3.63) is 0 Å². The second-order valence-corrected chi connectivity index (χ2v) is 4.33. The molecule has 0 aromatic rings. The van der Waals surface area contributed by atoms with Crippen molar-refractivity contribution < 1.29 is 9.90 Å². The van der Waals surface area contributed by atoms with Gasteiger partial charge in [0.1, 0.15) is 12.0 Å². The molecule has 4 atom stereocenters. The average molecular weight is 233 g/mol. The van der Waals surface area contributed by atoms with Crippen LogP contribution >= 0.6 is 12.6 Å². The van der Waals surface area contributed by atoms with Gasteiger partial charge in [0.05, 0.1) is 12.1 Å². The fourth-order valence-corrected chi connectivity index (χ4v) is 1.84. The molecule has 2 unspecified atom stereocenters. The highest BCUT2D eigenvalue weighted by atomic mass is 32.1. The summed E-state index contributed by atoms with van der Waals surface area (Å²) in [4.78, 5) is 11.1. The second-order valence-electron chi connectivity index (χ2n) is 3.96. The highest BCUT2D eigenvalue weighted by Gasteiger charge is 2.28. The van der Waals surface area contributed by atoms with Gasteiger partial charge in [0.15, 0.2) is 0 Å². The molecule has 1 saturated heterocycles. The Kier molecular flexibility index (Phi) is 5.01. The van der Waals surface area contributed by atoms with Crippen molar-refractivity contribution in [1.82, 2.24) is 10.6 Å². The quantitative estimate of drug-likeness (QED) is 0.294. The first-order chi connectivity index (χ1) is 7.04. The van der Waals surface area contributed by atoms with Crippen LogP contribution in [0.3, 0.4) is 0 Å². The largest absolute Gasteiger partial charge is 0.377 e. The number of rotatable bonds is 5. The molecule has 1 aliphatic rings. The lowest BCUT2D eigenvalue weighted by Gasteiger charge is -2.22. The number of thiol groups is 1. The minimum absolute atomic E-state index is 0.0954. The monoisotopic (exact) mass is 233 g/mol. The highest BCUT2D eigenvalue weighted by molar-refractivity contribution is 7.80. The van der Waals surface area contributed by atoms with E-state index in [0.717, 1.165) is 0 Å². The third-order valence-corrected chi connectivity index (χ3v) is 3.07.